The predicted octanol–water partition coefficient (Wildman–Crippen LogP) is 4.75. The minimum absolute atomic E-state index is 0.0483. The van der Waals surface area contributed by atoms with Crippen molar-refractivity contribution in [3.05, 3.63) is 113 Å². The number of hydrogen-bond acceptors (Lipinski definition) is 4. The number of aromatic nitrogens is 1. The fourth-order valence-electron chi connectivity index (χ4n) is 4.01. The third-order valence-electron chi connectivity index (χ3n) is 5.73. The summed E-state index contributed by atoms with van der Waals surface area (Å²) in [5.74, 6) is -0.196. The Balaban J connectivity index is 1.27. The van der Waals surface area contributed by atoms with Crippen LogP contribution in [0.1, 0.15) is 21.5 Å². The van der Waals surface area contributed by atoms with Gasteiger partial charge in [0, 0.05) is 30.2 Å². The Labute approximate surface area is 192 Å². The molecule has 1 amide bonds. The predicted molar refractivity (Wildman–Crippen MR) is 129 cm³/mol. The Bertz CT molecular complexity index is 1450. The molecule has 6 heteroatoms. The molecule has 33 heavy (non-hydrogen) atoms. The van der Waals surface area contributed by atoms with Gasteiger partial charge in [-0.3, -0.25) is 9.78 Å². The lowest BCUT2D eigenvalue weighted by Crippen LogP contribution is -2.44. The van der Waals surface area contributed by atoms with Gasteiger partial charge in [0.1, 0.15) is 0 Å². The number of amides is 1. The Morgan fingerprint density at radius 1 is 0.879 bits per heavy atom. The molecule has 4 aromatic rings. The van der Waals surface area contributed by atoms with Crippen LogP contribution in [0, 0.1) is 0 Å². The van der Waals surface area contributed by atoms with E-state index in [1.54, 1.807) is 53.6 Å². The van der Waals surface area contributed by atoms with E-state index in [1.807, 2.05) is 42.5 Å². The summed E-state index contributed by atoms with van der Waals surface area (Å²) in [6.45, 7) is 1.22. The molecule has 0 atom stereocenters. The normalized spacial score (nSPS) is 13.6. The standard InChI is InChI=1S/C27H22N2O3S/c30-27(29-17-22(18-29)16-20-6-2-1-3-7-20)24-13-11-21(12-14-24)19-33(31,32)25-10-4-8-23-9-5-15-28-26(23)25/h1-16H,17-19H2. The van der Waals surface area contributed by atoms with Crippen LogP contribution in [0.15, 0.2) is 102 Å². The second-order valence-corrected chi connectivity index (χ2v) is 10.1. The van der Waals surface area contributed by atoms with Crippen LogP contribution in [-0.4, -0.2) is 37.3 Å². The zero-order valence-electron chi connectivity index (χ0n) is 17.9. The first-order chi connectivity index (χ1) is 16.0. The molecule has 1 aliphatic rings. The monoisotopic (exact) mass is 454 g/mol. The highest BCUT2D eigenvalue weighted by Gasteiger charge is 2.26. The summed E-state index contributed by atoms with van der Waals surface area (Å²) in [6, 6.07) is 25.7. The summed E-state index contributed by atoms with van der Waals surface area (Å²) >= 11 is 0. The van der Waals surface area contributed by atoms with Crippen molar-refractivity contribution in [1.29, 1.82) is 0 Å². The highest BCUT2D eigenvalue weighted by molar-refractivity contribution is 7.90. The van der Waals surface area contributed by atoms with Gasteiger partial charge in [-0.15, -0.1) is 0 Å². The average Bonchev–Trinajstić information content (AvgIpc) is 2.81. The van der Waals surface area contributed by atoms with Gasteiger partial charge in [-0.2, -0.15) is 0 Å². The van der Waals surface area contributed by atoms with Crippen LogP contribution >= 0.6 is 0 Å². The van der Waals surface area contributed by atoms with Gasteiger partial charge >= 0.3 is 0 Å². The van der Waals surface area contributed by atoms with E-state index >= 15 is 0 Å². The summed E-state index contributed by atoms with van der Waals surface area (Å²) in [5, 5.41) is 0.787. The smallest absolute Gasteiger partial charge is 0.254 e. The van der Waals surface area contributed by atoms with Crippen molar-refractivity contribution in [1.82, 2.24) is 9.88 Å². The first-order valence-corrected chi connectivity index (χ1v) is 12.3. The van der Waals surface area contributed by atoms with Crippen molar-refractivity contribution in [2.75, 3.05) is 13.1 Å². The van der Waals surface area contributed by atoms with Crippen molar-refractivity contribution in [3.63, 3.8) is 0 Å². The number of carbonyl (C=O) groups is 1. The molecule has 0 radical (unpaired) electrons. The van der Waals surface area contributed by atoms with Crippen molar-refractivity contribution in [2.24, 2.45) is 0 Å². The Morgan fingerprint density at radius 2 is 1.61 bits per heavy atom. The Hall–Kier alpha value is -3.77. The van der Waals surface area contributed by atoms with Gasteiger partial charge in [-0.1, -0.05) is 66.7 Å². The van der Waals surface area contributed by atoms with E-state index < -0.39 is 9.84 Å². The number of sulfone groups is 1. The van der Waals surface area contributed by atoms with Crippen LogP contribution in [0.3, 0.4) is 0 Å². The Morgan fingerprint density at radius 3 is 2.36 bits per heavy atom. The van der Waals surface area contributed by atoms with E-state index in [4.69, 9.17) is 0 Å². The number of pyridine rings is 1. The zero-order valence-corrected chi connectivity index (χ0v) is 18.7. The van der Waals surface area contributed by atoms with E-state index in [-0.39, 0.29) is 16.6 Å². The molecule has 164 valence electrons. The number of nitrogens with zero attached hydrogens (tertiary/aromatic N) is 2. The number of para-hydroxylation sites is 1. The molecule has 0 spiro atoms. The summed E-state index contributed by atoms with van der Waals surface area (Å²) in [7, 11) is -3.59. The SMILES string of the molecule is O=C(c1ccc(CS(=O)(=O)c2cccc3cccnc23)cc1)N1CC(=Cc2ccccc2)C1. The summed E-state index contributed by atoms with van der Waals surface area (Å²) in [5.41, 5.74) is 4.01. The second-order valence-electron chi connectivity index (χ2n) is 8.16. The molecular formula is C27H22N2O3S. The van der Waals surface area contributed by atoms with Gasteiger partial charge < -0.3 is 4.90 Å². The topological polar surface area (TPSA) is 67.3 Å². The maximum Gasteiger partial charge on any atom is 0.254 e. The molecule has 1 fully saturated rings. The van der Waals surface area contributed by atoms with Crippen LogP contribution in [0.25, 0.3) is 17.0 Å². The number of fused-ring (bicyclic) bond motifs is 1. The molecule has 1 saturated heterocycles. The fraction of sp³-hybridized carbons (Fsp3) is 0.111. The van der Waals surface area contributed by atoms with Gasteiger partial charge in [-0.05, 0) is 41.0 Å². The quantitative estimate of drug-likeness (QED) is 0.437. The average molecular weight is 455 g/mol. The maximum absolute atomic E-state index is 13.1. The third-order valence-corrected chi connectivity index (χ3v) is 7.45. The lowest BCUT2D eigenvalue weighted by atomic mass is 10.0. The van der Waals surface area contributed by atoms with Crippen LogP contribution in [0.2, 0.25) is 0 Å². The second kappa shape index (κ2) is 8.64. The molecule has 1 aromatic heterocycles. The van der Waals surface area contributed by atoms with Gasteiger partial charge in [0.05, 0.1) is 16.2 Å². The van der Waals surface area contributed by atoms with E-state index in [2.05, 4.69) is 11.1 Å². The van der Waals surface area contributed by atoms with Crippen LogP contribution < -0.4 is 0 Å². The number of benzene rings is 3. The molecule has 2 heterocycles. The highest BCUT2D eigenvalue weighted by Crippen LogP contribution is 2.25. The highest BCUT2D eigenvalue weighted by atomic mass is 32.2. The molecule has 3 aromatic carbocycles. The van der Waals surface area contributed by atoms with Crippen molar-refractivity contribution < 1.29 is 13.2 Å². The number of rotatable bonds is 5. The molecule has 0 unspecified atom stereocenters. The van der Waals surface area contributed by atoms with Crippen LogP contribution in [-0.2, 0) is 15.6 Å². The minimum Gasteiger partial charge on any atom is -0.330 e. The van der Waals surface area contributed by atoms with Gasteiger partial charge in [0.25, 0.3) is 5.91 Å². The lowest BCUT2D eigenvalue weighted by Gasteiger charge is -2.34. The summed E-state index contributed by atoms with van der Waals surface area (Å²) < 4.78 is 26.1. The molecule has 0 aliphatic carbocycles. The molecule has 5 nitrogen and oxygen atoms in total. The first kappa shape index (κ1) is 21.1. The molecule has 1 aliphatic heterocycles. The minimum atomic E-state index is -3.59. The number of likely N-dealkylation sites (tertiary alicyclic amines) is 1. The van der Waals surface area contributed by atoms with E-state index in [0.717, 1.165) is 10.9 Å². The number of hydrogen-bond donors (Lipinski definition) is 0. The molecule has 0 N–H and O–H groups in total. The zero-order chi connectivity index (χ0) is 22.8. The first-order valence-electron chi connectivity index (χ1n) is 10.7. The van der Waals surface area contributed by atoms with E-state index in [0.29, 0.717) is 29.7 Å². The third kappa shape index (κ3) is 4.43. The van der Waals surface area contributed by atoms with Crippen molar-refractivity contribution >= 4 is 32.7 Å². The van der Waals surface area contributed by atoms with Crippen LogP contribution in [0.4, 0.5) is 0 Å². The van der Waals surface area contributed by atoms with E-state index in [1.165, 1.54) is 5.57 Å². The van der Waals surface area contributed by atoms with Gasteiger partial charge in [-0.25, -0.2) is 8.42 Å². The molecule has 5 rings (SSSR count). The van der Waals surface area contributed by atoms with Crippen molar-refractivity contribution in [2.45, 2.75) is 10.6 Å². The molecular weight excluding hydrogens is 432 g/mol. The lowest BCUT2D eigenvalue weighted by molar-refractivity contribution is 0.0729. The summed E-state index contributed by atoms with van der Waals surface area (Å²) in [4.78, 5) is 19.0. The summed E-state index contributed by atoms with van der Waals surface area (Å²) in [6.07, 6.45) is 3.71. The largest absolute Gasteiger partial charge is 0.330 e. The Kier molecular flexibility index (Phi) is 5.52. The maximum atomic E-state index is 13.1. The fourth-order valence-corrected chi connectivity index (χ4v) is 5.55. The van der Waals surface area contributed by atoms with Crippen LogP contribution in [0.5, 0.6) is 0 Å². The van der Waals surface area contributed by atoms with Crippen molar-refractivity contribution in [3.8, 4) is 0 Å². The number of carbonyl (C=O) groups excluding carboxylic acids is 1. The molecule has 0 saturated carbocycles. The van der Waals surface area contributed by atoms with E-state index in [9.17, 15) is 13.2 Å². The van der Waals surface area contributed by atoms with Gasteiger partial charge in [0.2, 0.25) is 0 Å². The van der Waals surface area contributed by atoms with Gasteiger partial charge in [0.15, 0.2) is 9.84 Å². The molecule has 0 bridgehead atoms.